The van der Waals surface area contributed by atoms with Crippen LogP contribution in [0.5, 0.6) is 0 Å². The number of furan rings is 1. The van der Waals surface area contributed by atoms with Crippen molar-refractivity contribution in [1.82, 2.24) is 4.72 Å². The number of aryl methyl sites for hydroxylation is 1. The SMILES string of the molecule is Cc1cc(F)c(S(=O)(=O)NC(C)c2ccco2)cc1N. The fourth-order valence-corrected chi connectivity index (χ4v) is 3.07. The van der Waals surface area contributed by atoms with Crippen LogP contribution in [0.3, 0.4) is 0 Å². The van der Waals surface area contributed by atoms with Crippen LogP contribution in [0.2, 0.25) is 0 Å². The van der Waals surface area contributed by atoms with Gasteiger partial charge in [0.05, 0.1) is 12.3 Å². The van der Waals surface area contributed by atoms with Crippen molar-refractivity contribution in [2.24, 2.45) is 0 Å². The summed E-state index contributed by atoms with van der Waals surface area (Å²) in [4.78, 5) is -0.473. The maximum Gasteiger partial charge on any atom is 0.244 e. The highest BCUT2D eigenvalue weighted by atomic mass is 32.2. The quantitative estimate of drug-likeness (QED) is 0.848. The highest BCUT2D eigenvalue weighted by Gasteiger charge is 2.24. The first-order valence-corrected chi connectivity index (χ1v) is 7.41. The lowest BCUT2D eigenvalue weighted by atomic mass is 10.2. The molecule has 0 amide bonds. The van der Waals surface area contributed by atoms with Crippen LogP contribution < -0.4 is 10.5 Å². The fourth-order valence-electron chi connectivity index (χ4n) is 1.77. The predicted octanol–water partition coefficient (Wildman–Crippen LogP) is 2.35. The van der Waals surface area contributed by atoms with E-state index >= 15 is 0 Å². The third-order valence-electron chi connectivity index (χ3n) is 2.91. The molecule has 5 nitrogen and oxygen atoms in total. The van der Waals surface area contributed by atoms with Gasteiger partial charge in [0.15, 0.2) is 0 Å². The lowest BCUT2D eigenvalue weighted by Crippen LogP contribution is -2.27. The maximum absolute atomic E-state index is 13.8. The van der Waals surface area contributed by atoms with E-state index in [4.69, 9.17) is 10.2 Å². The van der Waals surface area contributed by atoms with E-state index in [1.807, 2.05) is 0 Å². The van der Waals surface area contributed by atoms with Crippen molar-refractivity contribution in [3.8, 4) is 0 Å². The van der Waals surface area contributed by atoms with Crippen molar-refractivity contribution in [1.29, 1.82) is 0 Å². The summed E-state index contributed by atoms with van der Waals surface area (Å²) in [5.74, 6) is -0.398. The lowest BCUT2D eigenvalue weighted by molar-refractivity contribution is 0.458. The molecular formula is C13H15FN2O3S. The number of hydrogen-bond donors (Lipinski definition) is 2. The first-order valence-electron chi connectivity index (χ1n) is 5.92. The Labute approximate surface area is 116 Å². The van der Waals surface area contributed by atoms with Crippen LogP contribution in [-0.2, 0) is 10.0 Å². The van der Waals surface area contributed by atoms with Crippen LogP contribution in [0.15, 0.2) is 39.8 Å². The summed E-state index contributed by atoms with van der Waals surface area (Å²) >= 11 is 0. The summed E-state index contributed by atoms with van der Waals surface area (Å²) in [6.07, 6.45) is 1.44. The summed E-state index contributed by atoms with van der Waals surface area (Å²) in [5, 5.41) is 0. The van der Waals surface area contributed by atoms with Crippen molar-refractivity contribution < 1.29 is 17.2 Å². The molecule has 0 aliphatic carbocycles. The minimum atomic E-state index is -4.02. The number of nitrogen functional groups attached to an aromatic ring is 1. The third-order valence-corrected chi connectivity index (χ3v) is 4.47. The Bertz CT molecular complexity index is 711. The third kappa shape index (κ3) is 2.83. The molecular weight excluding hydrogens is 283 g/mol. The summed E-state index contributed by atoms with van der Waals surface area (Å²) in [6, 6.07) is 4.87. The molecule has 20 heavy (non-hydrogen) atoms. The average Bonchev–Trinajstić information content (AvgIpc) is 2.86. The van der Waals surface area contributed by atoms with Crippen LogP contribution in [0, 0.1) is 12.7 Å². The van der Waals surface area contributed by atoms with Crippen molar-refractivity contribution in [2.45, 2.75) is 24.8 Å². The Morgan fingerprint density at radius 2 is 2.10 bits per heavy atom. The number of halogens is 1. The lowest BCUT2D eigenvalue weighted by Gasteiger charge is -2.13. The van der Waals surface area contributed by atoms with E-state index in [0.29, 0.717) is 11.3 Å². The molecule has 0 aliphatic rings. The van der Waals surface area contributed by atoms with Gasteiger partial charge in [-0.2, -0.15) is 0 Å². The van der Waals surface area contributed by atoms with Crippen LogP contribution in [0.4, 0.5) is 10.1 Å². The van der Waals surface area contributed by atoms with Gasteiger partial charge in [0.1, 0.15) is 16.5 Å². The zero-order valence-corrected chi connectivity index (χ0v) is 11.9. The van der Waals surface area contributed by atoms with Crippen molar-refractivity contribution >= 4 is 15.7 Å². The average molecular weight is 298 g/mol. The summed E-state index contributed by atoms with van der Waals surface area (Å²) < 4.78 is 45.6. The largest absolute Gasteiger partial charge is 0.468 e. The second-order valence-electron chi connectivity index (χ2n) is 4.50. The second kappa shape index (κ2) is 5.26. The molecule has 108 valence electrons. The molecule has 1 atom stereocenters. The number of nitrogens with one attached hydrogen (secondary N) is 1. The topological polar surface area (TPSA) is 85.3 Å². The molecule has 0 spiro atoms. The van der Waals surface area contributed by atoms with E-state index in [2.05, 4.69) is 4.72 Å². The highest BCUT2D eigenvalue weighted by Crippen LogP contribution is 2.23. The van der Waals surface area contributed by atoms with Crippen molar-refractivity contribution in [2.75, 3.05) is 5.73 Å². The van der Waals surface area contributed by atoms with Crippen LogP contribution in [-0.4, -0.2) is 8.42 Å². The van der Waals surface area contributed by atoms with Gasteiger partial charge in [0.2, 0.25) is 10.0 Å². The Kier molecular flexibility index (Phi) is 3.82. The van der Waals surface area contributed by atoms with Crippen molar-refractivity contribution in [3.63, 3.8) is 0 Å². The van der Waals surface area contributed by atoms with Gasteiger partial charge in [0, 0.05) is 5.69 Å². The van der Waals surface area contributed by atoms with E-state index in [1.54, 1.807) is 26.0 Å². The second-order valence-corrected chi connectivity index (χ2v) is 6.18. The number of benzene rings is 1. The number of hydrogen-bond acceptors (Lipinski definition) is 4. The molecule has 3 N–H and O–H groups in total. The van der Waals surface area contributed by atoms with Gasteiger partial charge in [0.25, 0.3) is 0 Å². The summed E-state index contributed by atoms with van der Waals surface area (Å²) in [5.41, 5.74) is 6.34. The molecule has 0 bridgehead atoms. The van der Waals surface area contributed by atoms with Crippen LogP contribution in [0.25, 0.3) is 0 Å². The Hall–Kier alpha value is -1.86. The van der Waals surface area contributed by atoms with Crippen molar-refractivity contribution in [3.05, 3.63) is 47.7 Å². The molecule has 1 aromatic heterocycles. The highest BCUT2D eigenvalue weighted by molar-refractivity contribution is 7.89. The Balaban J connectivity index is 2.34. The molecule has 2 aromatic rings. The van der Waals surface area contributed by atoms with E-state index in [0.717, 1.165) is 12.1 Å². The molecule has 1 unspecified atom stereocenters. The predicted molar refractivity (Wildman–Crippen MR) is 73.0 cm³/mol. The smallest absolute Gasteiger partial charge is 0.244 e. The molecule has 0 aliphatic heterocycles. The summed E-state index contributed by atoms with van der Waals surface area (Å²) in [6.45, 7) is 3.21. The minimum absolute atomic E-state index is 0.220. The van der Waals surface area contributed by atoms with Gasteiger partial charge in [-0.25, -0.2) is 17.5 Å². The monoisotopic (exact) mass is 298 g/mol. The van der Waals surface area contributed by atoms with E-state index in [9.17, 15) is 12.8 Å². The first kappa shape index (κ1) is 14.5. The van der Waals surface area contributed by atoms with Crippen LogP contribution in [0.1, 0.15) is 24.3 Å². The van der Waals surface area contributed by atoms with Gasteiger partial charge in [-0.3, -0.25) is 0 Å². The zero-order chi connectivity index (χ0) is 14.9. The number of sulfonamides is 1. The molecule has 0 radical (unpaired) electrons. The van der Waals surface area contributed by atoms with Gasteiger partial charge < -0.3 is 10.2 Å². The normalized spacial score (nSPS) is 13.3. The Morgan fingerprint density at radius 3 is 2.70 bits per heavy atom. The molecule has 0 fully saturated rings. The minimum Gasteiger partial charge on any atom is -0.468 e. The van der Waals surface area contributed by atoms with Gasteiger partial charge in [-0.05, 0) is 43.7 Å². The number of anilines is 1. The fraction of sp³-hybridized carbons (Fsp3) is 0.231. The molecule has 0 saturated heterocycles. The molecule has 2 rings (SSSR count). The van der Waals surface area contributed by atoms with E-state index < -0.39 is 26.8 Å². The molecule has 1 heterocycles. The molecule has 1 aromatic carbocycles. The number of rotatable bonds is 4. The van der Waals surface area contributed by atoms with Crippen LogP contribution >= 0.6 is 0 Å². The van der Waals surface area contributed by atoms with E-state index in [1.165, 1.54) is 6.26 Å². The zero-order valence-electron chi connectivity index (χ0n) is 11.1. The van der Waals surface area contributed by atoms with Gasteiger partial charge in [-0.1, -0.05) is 0 Å². The summed E-state index contributed by atoms with van der Waals surface area (Å²) in [7, 11) is -4.02. The van der Waals surface area contributed by atoms with Gasteiger partial charge in [-0.15, -0.1) is 0 Å². The Morgan fingerprint density at radius 1 is 1.40 bits per heavy atom. The maximum atomic E-state index is 13.8. The number of nitrogens with two attached hydrogens (primary N) is 1. The van der Waals surface area contributed by atoms with Gasteiger partial charge >= 0.3 is 0 Å². The first-order chi connectivity index (χ1) is 9.31. The molecule has 7 heteroatoms. The van der Waals surface area contributed by atoms with E-state index in [-0.39, 0.29) is 5.69 Å². The molecule has 0 saturated carbocycles. The standard InChI is InChI=1S/C13H15FN2O3S/c1-8-6-10(14)13(7-11(8)15)20(17,18)16-9(2)12-4-3-5-19-12/h3-7,9,16H,15H2,1-2H3.